The van der Waals surface area contributed by atoms with E-state index in [9.17, 15) is 4.79 Å². The van der Waals surface area contributed by atoms with Crippen LogP contribution in [-0.2, 0) is 6.42 Å². The van der Waals surface area contributed by atoms with Gasteiger partial charge in [-0.1, -0.05) is 65.9 Å². The Morgan fingerprint density at radius 2 is 1.89 bits per heavy atom. The van der Waals surface area contributed by atoms with Gasteiger partial charge in [0, 0.05) is 27.7 Å². The number of hydrogen-bond acceptors (Lipinski definition) is 4. The number of fused-ring (bicyclic) bond motifs is 4. The molecule has 5 aromatic rings. The Morgan fingerprint density at radius 1 is 1.05 bits per heavy atom. The molecule has 182 valence electrons. The van der Waals surface area contributed by atoms with Gasteiger partial charge in [-0.05, 0) is 60.7 Å². The average Bonchev–Trinajstić information content (AvgIpc) is 3.42. The molecule has 6 heteroatoms. The van der Waals surface area contributed by atoms with Gasteiger partial charge in [0.15, 0.2) is 4.80 Å². The number of aromatic amines is 1. The highest BCUT2D eigenvalue weighted by molar-refractivity contribution is 7.07. The average molecular weight is 504 g/mol. The van der Waals surface area contributed by atoms with Gasteiger partial charge in [0.05, 0.1) is 23.4 Å². The minimum Gasteiger partial charge on any atom is -0.497 e. The van der Waals surface area contributed by atoms with Crippen molar-refractivity contribution >= 4 is 34.0 Å². The molecule has 2 aliphatic rings. The van der Waals surface area contributed by atoms with Crippen LogP contribution in [-0.4, -0.2) is 16.7 Å². The lowest BCUT2D eigenvalue weighted by Gasteiger charge is -2.31. The lowest BCUT2D eigenvalue weighted by atomic mass is 9.83. The quantitative estimate of drug-likeness (QED) is 0.372. The fraction of sp³-hybridized carbons (Fsp3) is 0.161. The highest BCUT2D eigenvalue weighted by Gasteiger charge is 2.32. The molecule has 0 amide bonds. The first-order valence-corrected chi connectivity index (χ1v) is 13.3. The number of allylic oxidation sites excluding steroid dienone is 1. The van der Waals surface area contributed by atoms with E-state index in [0.717, 1.165) is 56.8 Å². The summed E-state index contributed by atoms with van der Waals surface area (Å²) in [5, 5.41) is 1.11. The van der Waals surface area contributed by atoms with Gasteiger partial charge in [-0.3, -0.25) is 9.36 Å². The number of nitrogens with zero attached hydrogens (tertiary/aromatic N) is 2. The normalized spacial score (nSPS) is 16.8. The fourth-order valence-electron chi connectivity index (χ4n) is 5.75. The molecular weight excluding hydrogens is 478 g/mol. The van der Waals surface area contributed by atoms with Crippen LogP contribution in [0.15, 0.2) is 88.2 Å². The van der Waals surface area contributed by atoms with Gasteiger partial charge < -0.3 is 9.72 Å². The highest BCUT2D eigenvalue weighted by Crippen LogP contribution is 2.41. The lowest BCUT2D eigenvalue weighted by molar-refractivity contribution is 0.413. The standard InChI is InChI=1S/C31H25N3O2S/c1-18-25(23-12-5-6-13-26(23)32-18)17-27-30(35)34-29(20-9-7-10-21(16-20)36-2)24-15-14-19-8-3-4-11-22(19)28(24)33-31(34)37-27/h3-13,16-17,29,32H,14-15H2,1-2H3/b27-17+. The number of benzene rings is 3. The molecule has 0 saturated heterocycles. The zero-order chi connectivity index (χ0) is 25.1. The summed E-state index contributed by atoms with van der Waals surface area (Å²) in [4.78, 5) is 23.4. The molecule has 3 heterocycles. The van der Waals surface area contributed by atoms with E-state index in [0.29, 0.717) is 4.53 Å². The lowest BCUT2D eigenvalue weighted by Crippen LogP contribution is -2.38. The first-order valence-electron chi connectivity index (χ1n) is 12.5. The van der Waals surface area contributed by atoms with Gasteiger partial charge in [-0.2, -0.15) is 0 Å². The summed E-state index contributed by atoms with van der Waals surface area (Å²) in [6.07, 6.45) is 3.82. The van der Waals surface area contributed by atoms with E-state index in [4.69, 9.17) is 9.73 Å². The molecule has 7 rings (SSSR count). The van der Waals surface area contributed by atoms with Crippen molar-refractivity contribution < 1.29 is 4.74 Å². The molecule has 3 aromatic carbocycles. The van der Waals surface area contributed by atoms with Crippen LogP contribution in [0.4, 0.5) is 0 Å². The highest BCUT2D eigenvalue weighted by atomic mass is 32.1. The Morgan fingerprint density at radius 3 is 2.78 bits per heavy atom. The van der Waals surface area contributed by atoms with E-state index in [2.05, 4.69) is 54.4 Å². The van der Waals surface area contributed by atoms with Gasteiger partial charge in [-0.15, -0.1) is 0 Å². The summed E-state index contributed by atoms with van der Waals surface area (Å²) in [7, 11) is 1.68. The minimum atomic E-state index is -0.221. The topological polar surface area (TPSA) is 59.4 Å². The van der Waals surface area contributed by atoms with Gasteiger partial charge >= 0.3 is 0 Å². The number of para-hydroxylation sites is 1. The van der Waals surface area contributed by atoms with E-state index in [1.54, 1.807) is 7.11 Å². The molecule has 1 aliphatic carbocycles. The van der Waals surface area contributed by atoms with Crippen LogP contribution in [0.3, 0.4) is 0 Å². The number of thiazole rings is 1. The van der Waals surface area contributed by atoms with Gasteiger partial charge in [-0.25, -0.2) is 4.99 Å². The summed E-state index contributed by atoms with van der Waals surface area (Å²) < 4.78 is 8.13. The number of nitrogens with one attached hydrogen (secondary N) is 1. The maximum absolute atomic E-state index is 14.1. The molecule has 0 saturated carbocycles. The van der Waals surface area contributed by atoms with Crippen molar-refractivity contribution in [1.82, 2.24) is 9.55 Å². The van der Waals surface area contributed by atoms with Crippen LogP contribution >= 0.6 is 11.3 Å². The molecule has 0 radical (unpaired) electrons. The fourth-order valence-corrected chi connectivity index (χ4v) is 6.73. The maximum atomic E-state index is 14.1. The Kier molecular flexibility index (Phi) is 5.04. The molecule has 1 atom stereocenters. The molecular formula is C31H25N3O2S. The SMILES string of the molecule is COc1cccc(C2C3=C(N=c4s/c(=C/c5c(C)[nH]c6ccccc56)c(=O)n42)c2ccccc2CC3)c1. The number of aryl methyl sites for hydroxylation is 2. The predicted octanol–water partition coefficient (Wildman–Crippen LogP) is 5.12. The molecule has 0 bridgehead atoms. The molecule has 1 aliphatic heterocycles. The Balaban J connectivity index is 1.51. The molecule has 1 unspecified atom stereocenters. The largest absolute Gasteiger partial charge is 0.497 e. The second kappa shape index (κ2) is 8.46. The van der Waals surface area contributed by atoms with E-state index in [1.165, 1.54) is 28.0 Å². The third kappa shape index (κ3) is 3.44. The Hall–Kier alpha value is -4.16. The van der Waals surface area contributed by atoms with E-state index < -0.39 is 0 Å². The molecule has 2 aromatic heterocycles. The zero-order valence-corrected chi connectivity index (χ0v) is 21.4. The predicted molar refractivity (Wildman–Crippen MR) is 149 cm³/mol. The third-order valence-electron chi connectivity index (χ3n) is 7.50. The number of methoxy groups -OCH3 is 1. The van der Waals surface area contributed by atoms with Crippen LogP contribution in [0.1, 0.15) is 40.4 Å². The van der Waals surface area contributed by atoms with Crippen molar-refractivity contribution in [3.8, 4) is 5.75 Å². The summed E-state index contributed by atoms with van der Waals surface area (Å²) in [6.45, 7) is 2.05. The maximum Gasteiger partial charge on any atom is 0.271 e. The van der Waals surface area contributed by atoms with E-state index in [1.807, 2.05) is 41.0 Å². The number of rotatable bonds is 3. The molecule has 0 spiro atoms. The summed E-state index contributed by atoms with van der Waals surface area (Å²) in [5.41, 5.74) is 8.87. The van der Waals surface area contributed by atoms with E-state index in [-0.39, 0.29) is 11.6 Å². The van der Waals surface area contributed by atoms with Crippen molar-refractivity contribution in [3.63, 3.8) is 0 Å². The first-order chi connectivity index (χ1) is 18.1. The molecule has 5 nitrogen and oxygen atoms in total. The van der Waals surface area contributed by atoms with Crippen molar-refractivity contribution in [1.29, 1.82) is 0 Å². The van der Waals surface area contributed by atoms with Gasteiger partial charge in [0.2, 0.25) is 0 Å². The van der Waals surface area contributed by atoms with E-state index >= 15 is 0 Å². The van der Waals surface area contributed by atoms with Crippen LogP contribution in [0.5, 0.6) is 5.75 Å². The third-order valence-corrected chi connectivity index (χ3v) is 8.48. The Bertz CT molecular complexity index is 1920. The zero-order valence-electron chi connectivity index (χ0n) is 20.6. The molecule has 37 heavy (non-hydrogen) atoms. The van der Waals surface area contributed by atoms with Crippen LogP contribution in [0.2, 0.25) is 0 Å². The Labute approximate surface area is 217 Å². The summed E-state index contributed by atoms with van der Waals surface area (Å²) in [6, 6.07) is 24.6. The van der Waals surface area contributed by atoms with Gasteiger partial charge in [0.1, 0.15) is 5.75 Å². The second-order valence-electron chi connectivity index (χ2n) is 9.60. The number of aromatic nitrogens is 2. The number of H-pyrrole nitrogens is 1. The number of ether oxygens (including phenoxy) is 1. The van der Waals surface area contributed by atoms with Gasteiger partial charge in [0.25, 0.3) is 5.56 Å². The summed E-state index contributed by atoms with van der Waals surface area (Å²) in [5.74, 6) is 0.782. The molecule has 1 N–H and O–H groups in total. The first kappa shape index (κ1) is 22.1. The smallest absolute Gasteiger partial charge is 0.271 e. The van der Waals surface area contributed by atoms with Crippen LogP contribution < -0.4 is 19.6 Å². The van der Waals surface area contributed by atoms with Crippen molar-refractivity contribution in [2.24, 2.45) is 4.99 Å². The van der Waals surface area contributed by atoms with Crippen LogP contribution in [0.25, 0.3) is 22.7 Å². The number of hydrogen-bond donors (Lipinski definition) is 1. The van der Waals surface area contributed by atoms with Crippen molar-refractivity contribution in [2.45, 2.75) is 25.8 Å². The monoisotopic (exact) mass is 503 g/mol. The second-order valence-corrected chi connectivity index (χ2v) is 10.6. The summed E-state index contributed by atoms with van der Waals surface area (Å²) >= 11 is 1.47. The van der Waals surface area contributed by atoms with Crippen molar-refractivity contribution in [2.75, 3.05) is 7.11 Å². The minimum absolute atomic E-state index is 0.00772. The molecule has 0 fully saturated rings. The van der Waals surface area contributed by atoms with Crippen LogP contribution in [0, 0.1) is 6.92 Å². The van der Waals surface area contributed by atoms with Crippen molar-refractivity contribution in [3.05, 3.63) is 126 Å².